The van der Waals surface area contributed by atoms with Crippen molar-refractivity contribution >= 4 is 33.4 Å². The Hall–Kier alpha value is -2.02. The second-order valence-corrected chi connectivity index (χ2v) is 6.98. The molecule has 1 fully saturated rings. The van der Waals surface area contributed by atoms with E-state index in [0.29, 0.717) is 56.3 Å². The zero-order valence-electron chi connectivity index (χ0n) is 13.9. The molecule has 3 rings (SSSR count). The monoisotopic (exact) mass is 408 g/mol. The summed E-state index contributed by atoms with van der Waals surface area (Å²) in [7, 11) is 0. The largest absolute Gasteiger partial charge is 0.489 e. The number of nitrogens with one attached hydrogen (secondary N) is 1. The van der Waals surface area contributed by atoms with E-state index in [1.165, 1.54) is 6.08 Å². The topological polar surface area (TPSA) is 67.9 Å². The van der Waals surface area contributed by atoms with Gasteiger partial charge in [-0.3, -0.25) is 9.59 Å². The van der Waals surface area contributed by atoms with Crippen molar-refractivity contribution in [3.8, 4) is 11.5 Å². The minimum Gasteiger partial charge on any atom is -0.489 e. The Morgan fingerprint density at radius 2 is 1.96 bits per heavy atom. The van der Waals surface area contributed by atoms with Crippen molar-refractivity contribution in [3.63, 3.8) is 0 Å². The van der Waals surface area contributed by atoms with Gasteiger partial charge in [0.25, 0.3) is 0 Å². The lowest BCUT2D eigenvalue weighted by atomic mass is 9.95. The summed E-state index contributed by atoms with van der Waals surface area (Å²) >= 11 is 3.48. The molecule has 1 saturated heterocycles. The molecule has 0 bridgehead atoms. The van der Waals surface area contributed by atoms with Gasteiger partial charge >= 0.3 is 0 Å². The van der Waals surface area contributed by atoms with Gasteiger partial charge in [0.05, 0.1) is 17.7 Å². The van der Waals surface area contributed by atoms with Crippen molar-refractivity contribution in [2.24, 2.45) is 5.92 Å². The third-order valence-electron chi connectivity index (χ3n) is 4.42. The summed E-state index contributed by atoms with van der Waals surface area (Å²) in [5, 5.41) is 2.95. The van der Waals surface area contributed by atoms with Gasteiger partial charge < -0.3 is 19.7 Å². The molecule has 134 valence electrons. The van der Waals surface area contributed by atoms with Crippen molar-refractivity contribution in [1.82, 2.24) is 4.90 Å². The van der Waals surface area contributed by atoms with E-state index in [0.717, 1.165) is 10.9 Å². The zero-order valence-corrected chi connectivity index (χ0v) is 15.5. The van der Waals surface area contributed by atoms with E-state index in [2.05, 4.69) is 27.8 Å². The Balaban J connectivity index is 1.64. The van der Waals surface area contributed by atoms with Crippen molar-refractivity contribution in [1.29, 1.82) is 0 Å². The van der Waals surface area contributed by atoms with E-state index in [-0.39, 0.29) is 17.7 Å². The molecule has 2 heterocycles. The summed E-state index contributed by atoms with van der Waals surface area (Å²) < 4.78 is 12.1. The predicted octanol–water partition coefficient (Wildman–Crippen LogP) is 2.97. The van der Waals surface area contributed by atoms with Crippen LogP contribution in [0.5, 0.6) is 11.5 Å². The highest BCUT2D eigenvalue weighted by molar-refractivity contribution is 9.10. The highest BCUT2D eigenvalue weighted by Gasteiger charge is 2.27. The maximum Gasteiger partial charge on any atom is 0.245 e. The zero-order chi connectivity index (χ0) is 17.8. The standard InChI is InChI=1S/C18H21BrN2O4/c1-2-16(22)21-6-4-12(5-7-21)18(23)20-13-10-14(19)17-15(11-13)24-8-3-9-25-17/h2,10-12H,1,3-9H2,(H,20,23). The lowest BCUT2D eigenvalue weighted by Crippen LogP contribution is -2.40. The number of nitrogens with zero attached hydrogens (tertiary/aromatic N) is 1. The number of hydrogen-bond donors (Lipinski definition) is 1. The van der Waals surface area contributed by atoms with Crippen molar-refractivity contribution in [2.75, 3.05) is 31.6 Å². The van der Waals surface area contributed by atoms with Crippen LogP contribution in [0.3, 0.4) is 0 Å². The summed E-state index contributed by atoms with van der Waals surface area (Å²) in [6.07, 6.45) is 3.44. The summed E-state index contributed by atoms with van der Waals surface area (Å²) in [4.78, 5) is 25.9. The SMILES string of the molecule is C=CC(=O)N1CCC(C(=O)Nc2cc(Br)c3c(c2)OCCCO3)CC1. The second kappa shape index (κ2) is 7.91. The number of anilines is 1. The summed E-state index contributed by atoms with van der Waals surface area (Å²) in [6.45, 7) is 5.85. The van der Waals surface area contributed by atoms with E-state index in [9.17, 15) is 9.59 Å². The number of carbonyl (C=O) groups excluding carboxylic acids is 2. The molecule has 0 unspecified atom stereocenters. The average molecular weight is 409 g/mol. The van der Waals surface area contributed by atoms with E-state index in [1.807, 2.05) is 6.07 Å². The van der Waals surface area contributed by atoms with Gasteiger partial charge in [0, 0.05) is 37.2 Å². The van der Waals surface area contributed by atoms with Crippen LogP contribution in [-0.4, -0.2) is 43.0 Å². The molecular formula is C18H21BrN2O4. The van der Waals surface area contributed by atoms with Crippen molar-refractivity contribution in [2.45, 2.75) is 19.3 Å². The van der Waals surface area contributed by atoms with Crippen LogP contribution in [-0.2, 0) is 9.59 Å². The van der Waals surface area contributed by atoms with E-state index in [4.69, 9.17) is 9.47 Å². The molecule has 6 nitrogen and oxygen atoms in total. The van der Waals surface area contributed by atoms with Crippen LogP contribution < -0.4 is 14.8 Å². The van der Waals surface area contributed by atoms with Crippen LogP contribution in [0, 0.1) is 5.92 Å². The Labute approximate surface area is 155 Å². The number of piperidine rings is 1. The Kier molecular flexibility index (Phi) is 5.63. The molecule has 0 spiro atoms. The van der Waals surface area contributed by atoms with Crippen LogP contribution in [0.15, 0.2) is 29.3 Å². The number of rotatable bonds is 3. The highest BCUT2D eigenvalue weighted by Crippen LogP contribution is 2.40. The maximum atomic E-state index is 12.5. The van der Waals surface area contributed by atoms with Gasteiger partial charge in [0.2, 0.25) is 11.8 Å². The van der Waals surface area contributed by atoms with Gasteiger partial charge in [-0.2, -0.15) is 0 Å². The van der Waals surface area contributed by atoms with Crippen LogP contribution >= 0.6 is 15.9 Å². The molecule has 1 aromatic rings. The van der Waals surface area contributed by atoms with Crippen molar-refractivity contribution < 1.29 is 19.1 Å². The first-order chi connectivity index (χ1) is 12.1. The average Bonchev–Trinajstić information content (AvgIpc) is 2.87. The molecule has 1 N–H and O–H groups in total. The van der Waals surface area contributed by atoms with Gasteiger partial charge in [0.1, 0.15) is 0 Å². The van der Waals surface area contributed by atoms with E-state index >= 15 is 0 Å². The van der Waals surface area contributed by atoms with Gasteiger partial charge in [-0.25, -0.2) is 0 Å². The second-order valence-electron chi connectivity index (χ2n) is 6.13. The molecule has 25 heavy (non-hydrogen) atoms. The number of amides is 2. The van der Waals surface area contributed by atoms with E-state index < -0.39 is 0 Å². The minimum absolute atomic E-state index is 0.0351. The molecule has 2 aliphatic heterocycles. The van der Waals surface area contributed by atoms with Gasteiger partial charge in [-0.15, -0.1) is 0 Å². The van der Waals surface area contributed by atoms with Crippen LogP contribution in [0.1, 0.15) is 19.3 Å². The third-order valence-corrected chi connectivity index (χ3v) is 5.01. The minimum atomic E-state index is -0.108. The molecule has 0 atom stereocenters. The van der Waals surface area contributed by atoms with Gasteiger partial charge in [-0.05, 0) is 40.9 Å². The Bertz CT molecular complexity index is 684. The number of likely N-dealkylation sites (tertiary alicyclic amines) is 1. The Morgan fingerprint density at radius 1 is 1.24 bits per heavy atom. The summed E-state index contributed by atoms with van der Waals surface area (Å²) in [6, 6.07) is 3.61. The summed E-state index contributed by atoms with van der Waals surface area (Å²) in [5.74, 6) is 1.08. The lowest BCUT2D eigenvalue weighted by molar-refractivity contribution is -0.130. The maximum absolute atomic E-state index is 12.5. The molecule has 2 aliphatic rings. The number of ether oxygens (including phenoxy) is 2. The number of hydrogen-bond acceptors (Lipinski definition) is 4. The first-order valence-corrected chi connectivity index (χ1v) is 9.19. The van der Waals surface area contributed by atoms with Crippen LogP contribution in [0.25, 0.3) is 0 Å². The quantitative estimate of drug-likeness (QED) is 0.780. The first-order valence-electron chi connectivity index (χ1n) is 8.40. The first kappa shape index (κ1) is 17.8. The van der Waals surface area contributed by atoms with Crippen LogP contribution in [0.4, 0.5) is 5.69 Å². The highest BCUT2D eigenvalue weighted by atomic mass is 79.9. The van der Waals surface area contributed by atoms with Gasteiger partial charge in [0.15, 0.2) is 11.5 Å². The number of benzene rings is 1. The number of carbonyl (C=O) groups is 2. The fourth-order valence-electron chi connectivity index (χ4n) is 3.04. The Morgan fingerprint density at radius 3 is 2.68 bits per heavy atom. The molecule has 0 aromatic heterocycles. The summed E-state index contributed by atoms with van der Waals surface area (Å²) in [5.41, 5.74) is 0.672. The molecule has 0 saturated carbocycles. The molecule has 1 aromatic carbocycles. The van der Waals surface area contributed by atoms with E-state index in [1.54, 1.807) is 11.0 Å². The smallest absolute Gasteiger partial charge is 0.245 e. The molecular weight excluding hydrogens is 388 g/mol. The normalized spacial score (nSPS) is 17.6. The number of fused-ring (bicyclic) bond motifs is 1. The molecule has 0 aliphatic carbocycles. The van der Waals surface area contributed by atoms with Crippen LogP contribution in [0.2, 0.25) is 0 Å². The van der Waals surface area contributed by atoms with Gasteiger partial charge in [-0.1, -0.05) is 6.58 Å². The predicted molar refractivity (Wildman–Crippen MR) is 97.9 cm³/mol. The molecule has 7 heteroatoms. The molecule has 2 amide bonds. The third kappa shape index (κ3) is 4.15. The fraction of sp³-hybridized carbons (Fsp3) is 0.444. The fourth-order valence-corrected chi connectivity index (χ4v) is 3.59. The number of halogens is 1. The molecule has 0 radical (unpaired) electrons. The lowest BCUT2D eigenvalue weighted by Gasteiger charge is -2.30. The van der Waals surface area contributed by atoms with Crippen molar-refractivity contribution in [3.05, 3.63) is 29.3 Å².